The highest BCUT2D eigenvalue weighted by Crippen LogP contribution is 2.29. The molecule has 1 aromatic heterocycles. The van der Waals surface area contributed by atoms with Gasteiger partial charge in [0.25, 0.3) is 0 Å². The number of rotatable bonds is 5. The van der Waals surface area contributed by atoms with E-state index in [-0.39, 0.29) is 10.9 Å². The van der Waals surface area contributed by atoms with E-state index in [1.165, 1.54) is 0 Å². The molecule has 0 aromatic carbocycles. The van der Waals surface area contributed by atoms with E-state index in [2.05, 4.69) is 10.4 Å². The van der Waals surface area contributed by atoms with Crippen molar-refractivity contribution >= 4 is 28.8 Å². The zero-order chi connectivity index (χ0) is 13.9. The minimum atomic E-state index is -0.780. The molecule has 0 aliphatic carbocycles. The highest BCUT2D eigenvalue weighted by atomic mass is 32.1. The molecule has 0 unspecified atom stereocenters. The van der Waals surface area contributed by atoms with Crippen molar-refractivity contribution in [3.05, 3.63) is 11.9 Å². The number of nitrogens with two attached hydrogens (primary N) is 1. The predicted molar refractivity (Wildman–Crippen MR) is 76.4 cm³/mol. The van der Waals surface area contributed by atoms with Gasteiger partial charge >= 0.3 is 0 Å². The molecule has 0 atom stereocenters. The summed E-state index contributed by atoms with van der Waals surface area (Å²) in [7, 11) is 1.81. The number of thiocarbonyl (C=S) groups is 1. The van der Waals surface area contributed by atoms with Crippen LogP contribution in [0.2, 0.25) is 0 Å². The quantitative estimate of drug-likeness (QED) is 0.798. The number of anilines is 1. The first kappa shape index (κ1) is 14.6. The molecule has 3 N–H and O–H groups in total. The van der Waals surface area contributed by atoms with E-state index in [1.807, 2.05) is 27.8 Å². The normalized spacial score (nSPS) is 11.3. The Bertz CT molecular complexity index is 463. The van der Waals surface area contributed by atoms with Gasteiger partial charge in [-0.2, -0.15) is 5.10 Å². The zero-order valence-corrected chi connectivity index (χ0v) is 12.1. The summed E-state index contributed by atoms with van der Waals surface area (Å²) >= 11 is 5.05. The molecule has 1 heterocycles. The number of carbonyl (C=O) groups excluding carboxylic acids is 1. The van der Waals surface area contributed by atoms with Crippen molar-refractivity contribution in [3.63, 3.8) is 0 Å². The molecule has 0 radical (unpaired) electrons. The molecule has 0 bridgehead atoms. The van der Waals surface area contributed by atoms with Gasteiger partial charge in [-0.1, -0.05) is 26.1 Å². The molecule has 0 spiro atoms. The molecule has 0 saturated heterocycles. The van der Waals surface area contributed by atoms with E-state index >= 15 is 0 Å². The third kappa shape index (κ3) is 2.53. The van der Waals surface area contributed by atoms with E-state index in [4.69, 9.17) is 18.0 Å². The Morgan fingerprint density at radius 2 is 2.11 bits per heavy atom. The zero-order valence-electron chi connectivity index (χ0n) is 11.3. The average molecular weight is 268 g/mol. The molecular weight excluding hydrogens is 248 g/mol. The van der Waals surface area contributed by atoms with Crippen molar-refractivity contribution in [3.8, 4) is 0 Å². The second-order valence-corrected chi connectivity index (χ2v) is 4.85. The number of carbonyl (C=O) groups is 1. The topological polar surface area (TPSA) is 72.9 Å². The maximum atomic E-state index is 12.4. The number of hydrogen-bond donors (Lipinski definition) is 2. The van der Waals surface area contributed by atoms with Crippen LogP contribution >= 0.6 is 12.2 Å². The Morgan fingerprint density at radius 3 is 2.44 bits per heavy atom. The van der Waals surface area contributed by atoms with Crippen LogP contribution in [0, 0.1) is 12.3 Å². The van der Waals surface area contributed by atoms with E-state index in [0.717, 1.165) is 5.69 Å². The fourth-order valence-electron chi connectivity index (χ4n) is 2.00. The Morgan fingerprint density at radius 1 is 1.56 bits per heavy atom. The molecule has 0 fully saturated rings. The van der Waals surface area contributed by atoms with Crippen molar-refractivity contribution in [1.29, 1.82) is 0 Å². The molecule has 5 nitrogen and oxygen atoms in total. The van der Waals surface area contributed by atoms with Gasteiger partial charge < -0.3 is 11.1 Å². The van der Waals surface area contributed by atoms with Crippen molar-refractivity contribution in [2.24, 2.45) is 18.2 Å². The minimum absolute atomic E-state index is 0.156. The van der Waals surface area contributed by atoms with Gasteiger partial charge in [0.15, 0.2) is 0 Å². The van der Waals surface area contributed by atoms with Crippen molar-refractivity contribution in [2.45, 2.75) is 33.6 Å². The van der Waals surface area contributed by atoms with Crippen molar-refractivity contribution < 1.29 is 4.79 Å². The summed E-state index contributed by atoms with van der Waals surface area (Å²) in [5.41, 5.74) is 6.43. The standard InChI is InChI=1S/C12H20N4OS/c1-5-12(6-2,10(13)18)11(17)14-9-7-16(4)15-8(9)3/h7H,5-6H2,1-4H3,(H2,13,18)(H,14,17). The minimum Gasteiger partial charge on any atom is -0.392 e. The number of hydrogen-bond acceptors (Lipinski definition) is 3. The Balaban J connectivity index is 2.99. The predicted octanol–water partition coefficient (Wildman–Crippen LogP) is 1.76. The van der Waals surface area contributed by atoms with Crippen LogP contribution in [0.3, 0.4) is 0 Å². The number of amides is 1. The van der Waals surface area contributed by atoms with Gasteiger partial charge in [-0.15, -0.1) is 0 Å². The Kier molecular flexibility index (Phi) is 4.45. The summed E-state index contributed by atoms with van der Waals surface area (Å²) in [4.78, 5) is 12.6. The highest BCUT2D eigenvalue weighted by molar-refractivity contribution is 7.80. The Hall–Kier alpha value is -1.43. The van der Waals surface area contributed by atoms with Gasteiger partial charge in [0.05, 0.1) is 21.8 Å². The number of aromatic nitrogens is 2. The van der Waals surface area contributed by atoms with Crippen LogP contribution in [0.4, 0.5) is 5.69 Å². The first-order chi connectivity index (χ1) is 8.37. The van der Waals surface area contributed by atoms with Crippen LogP contribution in [0.5, 0.6) is 0 Å². The first-order valence-electron chi connectivity index (χ1n) is 5.99. The summed E-state index contributed by atoms with van der Waals surface area (Å²) in [5.74, 6) is -0.156. The molecule has 100 valence electrons. The summed E-state index contributed by atoms with van der Waals surface area (Å²) in [5, 5.41) is 7.05. The lowest BCUT2D eigenvalue weighted by Crippen LogP contribution is -2.45. The maximum Gasteiger partial charge on any atom is 0.237 e. The lowest BCUT2D eigenvalue weighted by Gasteiger charge is -2.28. The number of nitrogens with zero attached hydrogens (tertiary/aromatic N) is 2. The smallest absolute Gasteiger partial charge is 0.237 e. The second-order valence-electron chi connectivity index (χ2n) is 4.41. The molecule has 0 aliphatic rings. The molecular formula is C12H20N4OS. The summed E-state index contributed by atoms with van der Waals surface area (Å²) in [6, 6.07) is 0. The van der Waals surface area contributed by atoms with Crippen LogP contribution in [0.1, 0.15) is 32.4 Å². The molecule has 6 heteroatoms. The number of aryl methyl sites for hydroxylation is 2. The third-order valence-corrected chi connectivity index (χ3v) is 3.77. The van der Waals surface area contributed by atoms with E-state index in [0.29, 0.717) is 18.5 Å². The van der Waals surface area contributed by atoms with Gasteiger partial charge in [0.1, 0.15) is 0 Å². The molecule has 1 amide bonds. The first-order valence-corrected chi connectivity index (χ1v) is 6.39. The van der Waals surface area contributed by atoms with Crippen molar-refractivity contribution in [1.82, 2.24) is 9.78 Å². The third-order valence-electron chi connectivity index (χ3n) is 3.38. The highest BCUT2D eigenvalue weighted by Gasteiger charge is 2.38. The van der Waals surface area contributed by atoms with Gasteiger partial charge in [-0.25, -0.2) is 0 Å². The summed E-state index contributed by atoms with van der Waals surface area (Å²) in [6.45, 7) is 5.67. The summed E-state index contributed by atoms with van der Waals surface area (Å²) < 4.78 is 1.66. The molecule has 1 rings (SSSR count). The van der Waals surface area contributed by atoms with Gasteiger partial charge in [0.2, 0.25) is 5.91 Å². The fourth-order valence-corrected chi connectivity index (χ4v) is 2.38. The monoisotopic (exact) mass is 268 g/mol. The van der Waals surface area contributed by atoms with Gasteiger partial charge in [-0.05, 0) is 19.8 Å². The summed E-state index contributed by atoms with van der Waals surface area (Å²) in [6.07, 6.45) is 2.94. The van der Waals surface area contributed by atoms with E-state index in [1.54, 1.807) is 10.9 Å². The van der Waals surface area contributed by atoms with Crippen LogP contribution in [-0.2, 0) is 11.8 Å². The average Bonchev–Trinajstić information content (AvgIpc) is 2.59. The molecule has 0 saturated carbocycles. The van der Waals surface area contributed by atoms with Gasteiger partial charge in [0, 0.05) is 13.2 Å². The lowest BCUT2D eigenvalue weighted by atomic mass is 9.81. The lowest BCUT2D eigenvalue weighted by molar-refractivity contribution is -0.122. The van der Waals surface area contributed by atoms with Crippen LogP contribution in [-0.4, -0.2) is 20.7 Å². The maximum absolute atomic E-state index is 12.4. The SMILES string of the molecule is CCC(CC)(C(=O)Nc1cn(C)nc1C)C(N)=S. The fraction of sp³-hybridized carbons (Fsp3) is 0.583. The van der Waals surface area contributed by atoms with Gasteiger partial charge in [-0.3, -0.25) is 9.48 Å². The largest absolute Gasteiger partial charge is 0.392 e. The van der Waals surface area contributed by atoms with Crippen LogP contribution in [0.25, 0.3) is 0 Å². The van der Waals surface area contributed by atoms with Crippen LogP contribution < -0.4 is 11.1 Å². The molecule has 1 aromatic rings. The second kappa shape index (κ2) is 5.48. The van der Waals surface area contributed by atoms with Crippen LogP contribution in [0.15, 0.2) is 6.20 Å². The Labute approximate surface area is 113 Å². The molecule has 18 heavy (non-hydrogen) atoms. The van der Waals surface area contributed by atoms with E-state index in [9.17, 15) is 4.79 Å². The van der Waals surface area contributed by atoms with E-state index < -0.39 is 5.41 Å². The van der Waals surface area contributed by atoms with Crippen molar-refractivity contribution in [2.75, 3.05) is 5.32 Å². The number of nitrogens with one attached hydrogen (secondary N) is 1. The molecule has 0 aliphatic heterocycles.